The fourth-order valence-electron chi connectivity index (χ4n) is 3.60. The number of hydrogen-bond donors (Lipinski definition) is 1. The molecule has 0 aliphatic carbocycles. The monoisotopic (exact) mass is 409 g/mol. The van der Waals surface area contributed by atoms with E-state index in [-0.39, 0.29) is 0 Å². The molecule has 4 rings (SSSR count). The fraction of sp³-hybridized carbons (Fsp3) is 0.174. The molecule has 0 spiro atoms. The second kappa shape index (κ2) is 7.16. The predicted octanol–water partition coefficient (Wildman–Crippen LogP) is 6.17. The Morgan fingerprint density at radius 3 is 2.61 bits per heavy atom. The van der Waals surface area contributed by atoms with Gasteiger partial charge in [0.05, 0.1) is 11.0 Å². The Balaban J connectivity index is 2.05. The van der Waals surface area contributed by atoms with Crippen LogP contribution in [-0.2, 0) is 6.54 Å². The molecule has 0 unspecified atom stereocenters. The molecule has 0 aliphatic heterocycles. The number of carbonyl (C=O) groups excluding carboxylic acids is 1. The molecule has 3 nitrogen and oxygen atoms in total. The number of amides is 1. The molecule has 4 aromatic rings. The maximum Gasteiger partial charge on any atom is 0.249 e. The standard InChI is InChI=1S/C23H19Cl2N2O/c1-13(2)14-7-9-17-21(10-14)27(12-15-6-8-16(24)11-19(15)25)20-5-3-4-18(22(17)20)23(26)28/h3-8,10-11,13H,12H2,1-2H3,(H2,26,28). The third-order valence-corrected chi connectivity index (χ3v) is 5.68. The molecule has 5 heteroatoms. The van der Waals surface area contributed by atoms with E-state index in [0.29, 0.717) is 28.1 Å². The van der Waals surface area contributed by atoms with Gasteiger partial charge in [-0.2, -0.15) is 0 Å². The lowest BCUT2D eigenvalue weighted by atomic mass is 10.00. The summed E-state index contributed by atoms with van der Waals surface area (Å²) in [4.78, 5) is 12.1. The first-order valence-corrected chi connectivity index (χ1v) is 9.82. The highest BCUT2D eigenvalue weighted by molar-refractivity contribution is 6.35. The first-order chi connectivity index (χ1) is 13.4. The molecule has 0 bridgehead atoms. The summed E-state index contributed by atoms with van der Waals surface area (Å²) in [5.74, 6) is -0.0858. The Bertz CT molecular complexity index is 1220. The molecule has 2 N–H and O–H groups in total. The molecule has 1 aromatic heterocycles. The van der Waals surface area contributed by atoms with Crippen LogP contribution in [0.4, 0.5) is 0 Å². The average molecular weight is 410 g/mol. The number of nitrogens with zero attached hydrogens (tertiary/aromatic N) is 1. The van der Waals surface area contributed by atoms with Gasteiger partial charge in [-0.1, -0.05) is 55.2 Å². The number of nitrogens with two attached hydrogens (primary N) is 1. The molecule has 28 heavy (non-hydrogen) atoms. The number of rotatable bonds is 4. The van der Waals surface area contributed by atoms with E-state index in [9.17, 15) is 4.79 Å². The Morgan fingerprint density at radius 2 is 1.93 bits per heavy atom. The molecule has 1 radical (unpaired) electrons. The van der Waals surface area contributed by atoms with Crippen molar-refractivity contribution in [1.29, 1.82) is 0 Å². The summed E-state index contributed by atoms with van der Waals surface area (Å²) in [6.07, 6.45) is 0. The van der Waals surface area contributed by atoms with Gasteiger partial charge in [0.1, 0.15) is 0 Å². The Hall–Kier alpha value is -2.49. The normalized spacial score (nSPS) is 11.6. The average Bonchev–Trinajstić information content (AvgIpc) is 2.97. The van der Waals surface area contributed by atoms with Crippen molar-refractivity contribution in [1.82, 2.24) is 4.57 Å². The second-order valence-corrected chi connectivity index (χ2v) is 8.08. The van der Waals surface area contributed by atoms with Gasteiger partial charge >= 0.3 is 0 Å². The Kier molecular flexibility index (Phi) is 4.82. The van der Waals surface area contributed by atoms with E-state index in [2.05, 4.69) is 30.5 Å². The first-order valence-electron chi connectivity index (χ1n) is 9.07. The van der Waals surface area contributed by atoms with E-state index in [1.54, 1.807) is 12.1 Å². The van der Waals surface area contributed by atoms with Crippen LogP contribution in [0.5, 0.6) is 0 Å². The molecule has 3 aromatic carbocycles. The summed E-state index contributed by atoms with van der Waals surface area (Å²) in [5, 5.41) is 2.92. The smallest absolute Gasteiger partial charge is 0.249 e. The molecular formula is C23H19Cl2N2O. The predicted molar refractivity (Wildman–Crippen MR) is 116 cm³/mol. The van der Waals surface area contributed by atoms with Gasteiger partial charge in [0.25, 0.3) is 0 Å². The van der Waals surface area contributed by atoms with Gasteiger partial charge in [0.15, 0.2) is 0 Å². The van der Waals surface area contributed by atoms with Crippen LogP contribution >= 0.6 is 23.2 Å². The third kappa shape index (κ3) is 3.15. The maximum absolute atomic E-state index is 12.1. The minimum atomic E-state index is -0.449. The Labute approximate surface area is 173 Å². The topological polar surface area (TPSA) is 48.0 Å². The second-order valence-electron chi connectivity index (χ2n) is 7.23. The van der Waals surface area contributed by atoms with Gasteiger partial charge < -0.3 is 10.3 Å². The van der Waals surface area contributed by atoms with E-state index < -0.39 is 5.91 Å². The number of hydrogen-bond acceptors (Lipinski definition) is 1. The number of halogens is 2. The number of fused-ring (bicyclic) bond motifs is 3. The molecule has 0 aliphatic rings. The lowest BCUT2D eigenvalue weighted by molar-refractivity contribution is 0.100. The van der Waals surface area contributed by atoms with Gasteiger partial charge in [0, 0.05) is 32.9 Å². The molecule has 0 atom stereocenters. The van der Waals surface area contributed by atoms with Crippen LogP contribution in [0, 0.1) is 6.07 Å². The van der Waals surface area contributed by atoms with Crippen molar-refractivity contribution < 1.29 is 4.79 Å². The largest absolute Gasteiger partial charge is 0.366 e. The van der Waals surface area contributed by atoms with E-state index in [0.717, 1.165) is 27.4 Å². The van der Waals surface area contributed by atoms with Crippen molar-refractivity contribution in [2.75, 3.05) is 0 Å². The first kappa shape index (κ1) is 18.9. The van der Waals surface area contributed by atoms with Crippen molar-refractivity contribution in [3.05, 3.63) is 81.3 Å². The molecule has 141 valence electrons. The minimum absolute atomic E-state index is 0.363. The van der Waals surface area contributed by atoms with Crippen molar-refractivity contribution >= 4 is 50.9 Å². The summed E-state index contributed by atoms with van der Waals surface area (Å²) in [6, 6.07) is 18.6. The summed E-state index contributed by atoms with van der Waals surface area (Å²) in [5.41, 5.74) is 10.2. The van der Waals surface area contributed by atoms with E-state index >= 15 is 0 Å². The van der Waals surface area contributed by atoms with Crippen molar-refractivity contribution in [3.63, 3.8) is 0 Å². The zero-order valence-electron chi connectivity index (χ0n) is 15.6. The summed E-state index contributed by atoms with van der Waals surface area (Å²) >= 11 is 12.5. The number of primary amides is 1. The summed E-state index contributed by atoms with van der Waals surface area (Å²) < 4.78 is 2.16. The number of benzene rings is 3. The van der Waals surface area contributed by atoms with Crippen LogP contribution in [0.1, 0.15) is 41.3 Å². The van der Waals surface area contributed by atoms with E-state index in [1.807, 2.05) is 30.3 Å². The Morgan fingerprint density at radius 1 is 1.14 bits per heavy atom. The fourth-order valence-corrected chi connectivity index (χ4v) is 4.07. The highest BCUT2D eigenvalue weighted by Gasteiger charge is 2.18. The van der Waals surface area contributed by atoms with Crippen LogP contribution in [0.15, 0.2) is 48.5 Å². The third-order valence-electron chi connectivity index (χ3n) is 5.09. The van der Waals surface area contributed by atoms with Crippen molar-refractivity contribution in [3.8, 4) is 0 Å². The van der Waals surface area contributed by atoms with E-state index in [1.165, 1.54) is 5.56 Å². The van der Waals surface area contributed by atoms with Gasteiger partial charge in [-0.15, -0.1) is 0 Å². The van der Waals surface area contributed by atoms with Gasteiger partial charge in [0.2, 0.25) is 5.91 Å². The summed E-state index contributed by atoms with van der Waals surface area (Å²) in [7, 11) is 0. The van der Waals surface area contributed by atoms with E-state index in [4.69, 9.17) is 28.9 Å². The zero-order valence-corrected chi connectivity index (χ0v) is 17.1. The molecule has 0 fully saturated rings. The molecule has 1 heterocycles. The van der Waals surface area contributed by atoms with Crippen LogP contribution in [0.25, 0.3) is 21.8 Å². The SMILES string of the molecule is CC(C)c1c[c]c2c3c(C(N)=O)cccc3n(Cc3ccc(Cl)cc3Cl)c2c1. The maximum atomic E-state index is 12.1. The van der Waals surface area contributed by atoms with Crippen molar-refractivity contribution in [2.24, 2.45) is 5.73 Å². The lowest BCUT2D eigenvalue weighted by Gasteiger charge is -2.11. The zero-order chi connectivity index (χ0) is 20.0. The molecule has 1 amide bonds. The summed E-state index contributed by atoms with van der Waals surface area (Å²) in [6.45, 7) is 4.84. The molecule has 0 saturated heterocycles. The minimum Gasteiger partial charge on any atom is -0.366 e. The van der Waals surface area contributed by atoms with Crippen LogP contribution in [0.2, 0.25) is 10.0 Å². The lowest BCUT2D eigenvalue weighted by Crippen LogP contribution is -2.11. The van der Waals surface area contributed by atoms with Crippen molar-refractivity contribution in [2.45, 2.75) is 26.3 Å². The number of aromatic nitrogens is 1. The highest BCUT2D eigenvalue weighted by atomic mass is 35.5. The van der Waals surface area contributed by atoms with Crippen LogP contribution in [0.3, 0.4) is 0 Å². The number of carbonyl (C=O) groups is 1. The molecule has 0 saturated carbocycles. The van der Waals surface area contributed by atoms with Gasteiger partial charge in [-0.05, 0) is 53.4 Å². The highest BCUT2D eigenvalue weighted by Crippen LogP contribution is 2.34. The van der Waals surface area contributed by atoms with Gasteiger partial charge in [-0.25, -0.2) is 0 Å². The quantitative estimate of drug-likeness (QED) is 0.430. The molecular weight excluding hydrogens is 391 g/mol. The van der Waals surface area contributed by atoms with Gasteiger partial charge in [-0.3, -0.25) is 4.79 Å². The van der Waals surface area contributed by atoms with Crippen LogP contribution < -0.4 is 5.73 Å². The van der Waals surface area contributed by atoms with Crippen LogP contribution in [-0.4, -0.2) is 10.5 Å².